The fourth-order valence-electron chi connectivity index (χ4n) is 2.61. The second-order valence-corrected chi connectivity index (χ2v) is 8.12. The van der Waals surface area contributed by atoms with Crippen LogP contribution in [-0.2, 0) is 28.8 Å². The second-order valence-electron chi connectivity index (χ2n) is 8.12. The molecular formula is C18H26MgO8. The summed E-state index contributed by atoms with van der Waals surface area (Å²) in [6.07, 6.45) is 0. The number of carboxylic acids is 2. The molecule has 0 N–H and O–H groups in total. The van der Waals surface area contributed by atoms with Gasteiger partial charge in [-0.25, -0.2) is 0 Å². The number of hydrogen-bond acceptors (Lipinski definition) is 8. The minimum Gasteiger partial charge on any atom is -0.542 e. The van der Waals surface area contributed by atoms with Gasteiger partial charge in [-0.15, -0.1) is 0 Å². The SMILES string of the molecule is CC(=O)C(C(=O)C(=O)[O-])C(C)(C)C.CC(=O)C(C(=O)C(=O)[O-])C(C)(C)C.[Mg+2]. The molecule has 27 heavy (non-hydrogen) atoms. The third-order valence-electron chi connectivity index (χ3n) is 3.47. The van der Waals surface area contributed by atoms with Gasteiger partial charge in [-0.1, -0.05) is 41.5 Å². The van der Waals surface area contributed by atoms with E-state index in [4.69, 9.17) is 0 Å². The molecule has 0 bridgehead atoms. The van der Waals surface area contributed by atoms with Crippen molar-refractivity contribution in [1.82, 2.24) is 0 Å². The fraction of sp³-hybridized carbons (Fsp3) is 0.667. The van der Waals surface area contributed by atoms with Gasteiger partial charge in [0.25, 0.3) is 0 Å². The van der Waals surface area contributed by atoms with Crippen LogP contribution in [0.15, 0.2) is 0 Å². The summed E-state index contributed by atoms with van der Waals surface area (Å²) in [5.74, 6) is -8.98. The summed E-state index contributed by atoms with van der Waals surface area (Å²) in [5, 5.41) is 20.6. The van der Waals surface area contributed by atoms with Gasteiger partial charge in [-0.05, 0) is 24.7 Å². The maximum atomic E-state index is 11.0. The van der Waals surface area contributed by atoms with Crippen LogP contribution < -0.4 is 10.2 Å². The molecule has 0 fully saturated rings. The van der Waals surface area contributed by atoms with E-state index in [0.717, 1.165) is 0 Å². The third kappa shape index (κ3) is 10.3. The largest absolute Gasteiger partial charge is 2.00 e. The molecule has 0 aromatic rings. The Balaban J connectivity index is -0.000000411. The van der Waals surface area contributed by atoms with Crippen LogP contribution in [0, 0.1) is 22.7 Å². The van der Waals surface area contributed by atoms with E-state index in [0.29, 0.717) is 0 Å². The molecule has 0 aromatic heterocycles. The average molecular weight is 395 g/mol. The minimum absolute atomic E-state index is 0. The predicted molar refractivity (Wildman–Crippen MR) is 93.0 cm³/mol. The summed E-state index contributed by atoms with van der Waals surface area (Å²) in [7, 11) is 0. The maximum absolute atomic E-state index is 11.0. The molecule has 2 unspecified atom stereocenters. The quantitative estimate of drug-likeness (QED) is 0.307. The van der Waals surface area contributed by atoms with Crippen molar-refractivity contribution in [2.75, 3.05) is 0 Å². The fourth-order valence-corrected chi connectivity index (χ4v) is 2.61. The van der Waals surface area contributed by atoms with E-state index in [1.54, 1.807) is 41.5 Å². The number of carbonyl (C=O) groups excluding carboxylic acids is 6. The van der Waals surface area contributed by atoms with Crippen LogP contribution in [0.3, 0.4) is 0 Å². The number of carbonyl (C=O) groups is 6. The van der Waals surface area contributed by atoms with Crippen molar-refractivity contribution >= 4 is 58.1 Å². The molecule has 0 aromatic carbocycles. The molecule has 0 heterocycles. The molecule has 0 aliphatic carbocycles. The van der Waals surface area contributed by atoms with Gasteiger partial charge < -0.3 is 19.8 Å². The monoisotopic (exact) mass is 394 g/mol. The van der Waals surface area contributed by atoms with Crippen molar-refractivity contribution in [2.45, 2.75) is 55.4 Å². The van der Waals surface area contributed by atoms with Crippen molar-refractivity contribution < 1.29 is 39.0 Å². The first-order chi connectivity index (χ1) is 11.4. The molecule has 9 heteroatoms. The molecule has 0 amide bonds. The summed E-state index contributed by atoms with van der Waals surface area (Å²) >= 11 is 0. The number of Topliss-reactive ketones (excluding diaryl/α,β-unsaturated/α-hetero) is 4. The first-order valence-electron chi connectivity index (χ1n) is 7.87. The molecule has 2 atom stereocenters. The smallest absolute Gasteiger partial charge is 0.542 e. The number of hydrogen-bond donors (Lipinski definition) is 0. The van der Waals surface area contributed by atoms with E-state index in [-0.39, 0.29) is 23.1 Å². The van der Waals surface area contributed by atoms with Crippen LogP contribution in [-0.4, -0.2) is 58.1 Å². The Morgan fingerprint density at radius 3 is 0.815 bits per heavy atom. The molecule has 0 rings (SSSR count). The van der Waals surface area contributed by atoms with Gasteiger partial charge in [0.2, 0.25) is 0 Å². The Kier molecular flexibility index (Phi) is 12.6. The summed E-state index contributed by atoms with van der Waals surface area (Å²) in [6, 6.07) is 0. The van der Waals surface area contributed by atoms with E-state index in [1.807, 2.05) is 0 Å². The van der Waals surface area contributed by atoms with E-state index in [9.17, 15) is 39.0 Å². The van der Waals surface area contributed by atoms with E-state index >= 15 is 0 Å². The molecule has 0 saturated heterocycles. The Morgan fingerprint density at radius 1 is 0.593 bits per heavy atom. The molecule has 0 radical (unpaired) electrons. The number of aliphatic carboxylic acids is 2. The molecule has 8 nitrogen and oxygen atoms in total. The zero-order valence-electron chi connectivity index (χ0n) is 17.1. The van der Waals surface area contributed by atoms with Gasteiger partial charge in [0.15, 0.2) is 11.6 Å². The Hall–Kier alpha value is -1.61. The molecule has 0 saturated carbocycles. The van der Waals surface area contributed by atoms with Gasteiger partial charge >= 0.3 is 23.1 Å². The summed E-state index contributed by atoms with van der Waals surface area (Å²) < 4.78 is 0. The van der Waals surface area contributed by atoms with Crippen molar-refractivity contribution in [1.29, 1.82) is 0 Å². The molecule has 0 aliphatic heterocycles. The first kappa shape index (κ1) is 30.1. The van der Waals surface area contributed by atoms with E-state index in [2.05, 4.69) is 0 Å². The van der Waals surface area contributed by atoms with E-state index < -0.39 is 57.7 Å². The van der Waals surface area contributed by atoms with Crippen LogP contribution in [0.5, 0.6) is 0 Å². The molecule has 0 aliphatic rings. The van der Waals surface area contributed by atoms with Crippen molar-refractivity contribution in [3.05, 3.63) is 0 Å². The number of ketones is 4. The maximum Gasteiger partial charge on any atom is 2.00 e. The van der Waals surface area contributed by atoms with Crippen molar-refractivity contribution in [3.8, 4) is 0 Å². The van der Waals surface area contributed by atoms with Crippen LogP contribution in [0.25, 0.3) is 0 Å². The zero-order chi connectivity index (χ0) is 21.6. The van der Waals surface area contributed by atoms with Gasteiger partial charge in [-0.2, -0.15) is 0 Å². The van der Waals surface area contributed by atoms with E-state index in [1.165, 1.54) is 13.8 Å². The first-order valence-corrected chi connectivity index (χ1v) is 7.87. The molecule has 0 spiro atoms. The topological polar surface area (TPSA) is 149 Å². The summed E-state index contributed by atoms with van der Waals surface area (Å²) in [4.78, 5) is 64.7. The Morgan fingerprint density at radius 2 is 0.778 bits per heavy atom. The van der Waals surface area contributed by atoms with Crippen LogP contribution in [0.4, 0.5) is 0 Å². The number of rotatable bonds is 6. The standard InChI is InChI=1S/2C9H14O4.Mg/c2*1-5(10)6(9(2,3)4)7(11)8(12)13;/h2*6H,1-4H3,(H,12,13);/q;;+2/p-2. The normalized spacial score (nSPS) is 13.0. The molecule has 148 valence electrons. The predicted octanol–water partition coefficient (Wildman–Crippen LogP) is -1.27. The van der Waals surface area contributed by atoms with Crippen LogP contribution in [0.2, 0.25) is 0 Å². The van der Waals surface area contributed by atoms with Crippen LogP contribution >= 0.6 is 0 Å². The summed E-state index contributed by atoms with van der Waals surface area (Å²) in [6.45, 7) is 12.2. The third-order valence-corrected chi connectivity index (χ3v) is 3.47. The molecular weight excluding hydrogens is 368 g/mol. The van der Waals surface area contributed by atoms with Crippen molar-refractivity contribution in [2.24, 2.45) is 22.7 Å². The van der Waals surface area contributed by atoms with Crippen LogP contribution in [0.1, 0.15) is 55.4 Å². The van der Waals surface area contributed by atoms with Gasteiger partial charge in [-0.3, -0.25) is 19.2 Å². The minimum atomic E-state index is -1.80. The summed E-state index contributed by atoms with van der Waals surface area (Å²) in [5.41, 5.74) is -1.36. The zero-order valence-corrected chi connectivity index (χ0v) is 18.5. The van der Waals surface area contributed by atoms with Crippen molar-refractivity contribution in [3.63, 3.8) is 0 Å². The van der Waals surface area contributed by atoms with Gasteiger partial charge in [0, 0.05) is 0 Å². The Labute approximate surface area is 175 Å². The van der Waals surface area contributed by atoms with Gasteiger partial charge in [0.05, 0.1) is 11.8 Å². The average Bonchev–Trinajstić information content (AvgIpc) is 2.34. The second kappa shape index (κ2) is 11.3. The Bertz CT molecular complexity index is 554. The number of carboxylic acid groups (broad SMARTS) is 2. The van der Waals surface area contributed by atoms with Gasteiger partial charge in [0.1, 0.15) is 23.5 Å².